The molecule has 0 fully saturated rings. The van der Waals surface area contributed by atoms with Crippen molar-refractivity contribution in [1.29, 1.82) is 0 Å². The highest BCUT2D eigenvalue weighted by Gasteiger charge is 2.31. The number of likely N-dealkylation sites (N-methyl/N-ethyl adjacent to an activating group) is 1. The van der Waals surface area contributed by atoms with Gasteiger partial charge in [0.2, 0.25) is 0 Å². The predicted molar refractivity (Wildman–Crippen MR) is 87.3 cm³/mol. The Hall–Kier alpha value is -0.320. The molecule has 1 atom stereocenters. The number of aliphatic carboxylic acids is 1. The number of rotatable bonds is 14. The van der Waals surface area contributed by atoms with Crippen molar-refractivity contribution in [2.75, 3.05) is 27.7 Å². The SMILES string of the molecule is CCCCCCCCCCCCOC(C(=O)O)[N+](C)(C)C.[Cl-]. The highest BCUT2D eigenvalue weighted by Crippen LogP contribution is 2.11. The molecule has 22 heavy (non-hydrogen) atoms. The third-order valence-electron chi connectivity index (χ3n) is 3.69. The number of carboxylic acid groups (broad SMARTS) is 1. The molecule has 0 spiro atoms. The summed E-state index contributed by atoms with van der Waals surface area (Å²) in [6.45, 7) is 2.79. The van der Waals surface area contributed by atoms with E-state index in [9.17, 15) is 4.79 Å². The van der Waals surface area contributed by atoms with Gasteiger partial charge in [-0.3, -0.25) is 4.48 Å². The fourth-order valence-corrected chi connectivity index (χ4v) is 2.41. The minimum Gasteiger partial charge on any atom is -1.00 e. The van der Waals surface area contributed by atoms with Gasteiger partial charge in [0.05, 0.1) is 27.7 Å². The molecule has 0 rings (SSSR count). The summed E-state index contributed by atoms with van der Waals surface area (Å²) in [5.41, 5.74) is 0. The van der Waals surface area contributed by atoms with E-state index in [-0.39, 0.29) is 12.4 Å². The molecule has 0 amide bonds. The summed E-state index contributed by atoms with van der Waals surface area (Å²) in [4.78, 5) is 11.1. The molecule has 0 saturated heterocycles. The number of nitrogens with zero attached hydrogens (tertiary/aromatic N) is 1. The van der Waals surface area contributed by atoms with Gasteiger partial charge in [-0.2, -0.15) is 0 Å². The lowest BCUT2D eigenvalue weighted by atomic mass is 10.1. The molecule has 4 nitrogen and oxygen atoms in total. The van der Waals surface area contributed by atoms with Gasteiger partial charge >= 0.3 is 5.97 Å². The Kier molecular flexibility index (Phi) is 15.5. The molecule has 0 aromatic rings. The van der Waals surface area contributed by atoms with E-state index in [1.165, 1.54) is 51.4 Å². The number of halogens is 1. The molecule has 0 heterocycles. The highest BCUT2D eigenvalue weighted by molar-refractivity contribution is 5.70. The Bertz CT molecular complexity index is 267. The fraction of sp³-hybridized carbons (Fsp3) is 0.941. The van der Waals surface area contributed by atoms with Crippen molar-refractivity contribution in [2.45, 2.75) is 77.4 Å². The standard InChI is InChI=1S/C17H35NO3.ClH/c1-5-6-7-8-9-10-11-12-13-14-15-21-16(17(19)20)18(2,3)4;/h16H,5-15H2,1-4H3;1H. The maximum Gasteiger partial charge on any atom is 0.392 e. The smallest absolute Gasteiger partial charge is 0.392 e. The van der Waals surface area contributed by atoms with Crippen molar-refractivity contribution in [2.24, 2.45) is 0 Å². The van der Waals surface area contributed by atoms with E-state index in [2.05, 4.69) is 6.92 Å². The van der Waals surface area contributed by atoms with Crippen LogP contribution in [0.4, 0.5) is 0 Å². The van der Waals surface area contributed by atoms with Crippen molar-refractivity contribution in [3.63, 3.8) is 0 Å². The number of carbonyl (C=O) groups is 1. The molecule has 0 aliphatic carbocycles. The summed E-state index contributed by atoms with van der Waals surface area (Å²) in [7, 11) is 5.53. The van der Waals surface area contributed by atoms with Crippen LogP contribution in [0, 0.1) is 0 Å². The van der Waals surface area contributed by atoms with Gasteiger partial charge in [0.1, 0.15) is 0 Å². The first-order valence-electron chi connectivity index (χ1n) is 8.55. The molecule has 0 aliphatic rings. The molecule has 0 aromatic carbocycles. The van der Waals surface area contributed by atoms with E-state index in [4.69, 9.17) is 9.84 Å². The van der Waals surface area contributed by atoms with Crippen LogP contribution in [0.5, 0.6) is 0 Å². The van der Waals surface area contributed by atoms with Gasteiger partial charge in [0.25, 0.3) is 6.23 Å². The Labute approximate surface area is 143 Å². The minimum atomic E-state index is -0.880. The van der Waals surface area contributed by atoms with E-state index >= 15 is 0 Å². The molecule has 0 aliphatic heterocycles. The summed E-state index contributed by atoms with van der Waals surface area (Å²) in [6, 6.07) is 0. The van der Waals surface area contributed by atoms with Gasteiger partial charge in [0, 0.05) is 0 Å². The number of carboxylic acids is 1. The normalized spacial score (nSPS) is 12.7. The minimum absolute atomic E-state index is 0. The number of ether oxygens (including phenoxy) is 1. The molecule has 1 N–H and O–H groups in total. The first-order chi connectivity index (χ1) is 9.89. The van der Waals surface area contributed by atoms with Crippen LogP contribution in [-0.2, 0) is 9.53 Å². The monoisotopic (exact) mass is 337 g/mol. The lowest BCUT2D eigenvalue weighted by Gasteiger charge is -2.30. The maximum absolute atomic E-state index is 11.1. The Morgan fingerprint density at radius 3 is 1.68 bits per heavy atom. The summed E-state index contributed by atoms with van der Waals surface area (Å²) < 4.78 is 5.81. The van der Waals surface area contributed by atoms with Gasteiger partial charge in [0.15, 0.2) is 0 Å². The second-order valence-electron chi connectivity index (χ2n) is 6.86. The molecule has 134 valence electrons. The molecule has 0 bridgehead atoms. The summed E-state index contributed by atoms with van der Waals surface area (Å²) in [6.07, 6.45) is 12.0. The number of unbranched alkanes of at least 4 members (excludes halogenated alkanes) is 9. The van der Waals surface area contributed by atoms with Crippen molar-refractivity contribution in [3.8, 4) is 0 Å². The van der Waals surface area contributed by atoms with E-state index in [1.54, 1.807) is 0 Å². The molecular formula is C17H36ClNO3. The largest absolute Gasteiger partial charge is 1.00 e. The van der Waals surface area contributed by atoms with Crippen LogP contribution in [0.15, 0.2) is 0 Å². The summed E-state index contributed by atoms with van der Waals surface area (Å²) in [5, 5.41) is 9.13. The van der Waals surface area contributed by atoms with Gasteiger partial charge in [-0.1, -0.05) is 64.7 Å². The Balaban J connectivity index is 0. The van der Waals surface area contributed by atoms with Crippen LogP contribution in [-0.4, -0.2) is 49.5 Å². The highest BCUT2D eigenvalue weighted by atomic mass is 35.5. The van der Waals surface area contributed by atoms with E-state index in [0.717, 1.165) is 12.8 Å². The van der Waals surface area contributed by atoms with Crippen LogP contribution in [0.1, 0.15) is 71.1 Å². The van der Waals surface area contributed by atoms with Gasteiger partial charge < -0.3 is 22.3 Å². The van der Waals surface area contributed by atoms with Crippen molar-refractivity contribution >= 4 is 5.97 Å². The van der Waals surface area contributed by atoms with Crippen molar-refractivity contribution in [1.82, 2.24) is 0 Å². The maximum atomic E-state index is 11.1. The van der Waals surface area contributed by atoms with Gasteiger partial charge in [-0.25, -0.2) is 4.79 Å². The van der Waals surface area contributed by atoms with Gasteiger partial charge in [-0.15, -0.1) is 0 Å². The van der Waals surface area contributed by atoms with Crippen molar-refractivity contribution < 1.29 is 31.5 Å². The second-order valence-corrected chi connectivity index (χ2v) is 6.86. The zero-order valence-corrected chi connectivity index (χ0v) is 15.7. The quantitative estimate of drug-likeness (QED) is 0.293. The lowest BCUT2D eigenvalue weighted by molar-refractivity contribution is -0.909. The molecule has 5 heteroatoms. The zero-order chi connectivity index (χ0) is 16.1. The Morgan fingerprint density at radius 1 is 0.909 bits per heavy atom. The summed E-state index contributed by atoms with van der Waals surface area (Å²) >= 11 is 0. The number of quaternary nitrogens is 1. The predicted octanol–water partition coefficient (Wildman–Crippen LogP) is 1.04. The first-order valence-corrected chi connectivity index (χ1v) is 8.55. The molecule has 1 unspecified atom stereocenters. The average molecular weight is 338 g/mol. The zero-order valence-electron chi connectivity index (χ0n) is 14.9. The second kappa shape index (κ2) is 14.3. The molecule has 0 aromatic heterocycles. The van der Waals surface area contributed by atoms with E-state index < -0.39 is 12.2 Å². The van der Waals surface area contributed by atoms with Crippen LogP contribution in [0.2, 0.25) is 0 Å². The fourth-order valence-electron chi connectivity index (χ4n) is 2.41. The Morgan fingerprint density at radius 2 is 1.32 bits per heavy atom. The van der Waals surface area contributed by atoms with E-state index in [0.29, 0.717) is 11.1 Å². The first kappa shape index (κ1) is 23.9. The summed E-state index contributed by atoms with van der Waals surface area (Å²) in [5.74, 6) is -0.880. The third kappa shape index (κ3) is 13.4. The van der Waals surface area contributed by atoms with Crippen LogP contribution < -0.4 is 12.4 Å². The number of hydrogen-bond donors (Lipinski definition) is 1. The number of hydrogen-bond acceptors (Lipinski definition) is 2. The van der Waals surface area contributed by atoms with Crippen LogP contribution in [0.25, 0.3) is 0 Å². The van der Waals surface area contributed by atoms with Crippen LogP contribution >= 0.6 is 0 Å². The third-order valence-corrected chi connectivity index (χ3v) is 3.69. The van der Waals surface area contributed by atoms with Gasteiger partial charge in [-0.05, 0) is 6.42 Å². The molecule has 0 saturated carbocycles. The van der Waals surface area contributed by atoms with E-state index in [1.807, 2.05) is 21.1 Å². The molecular weight excluding hydrogens is 302 g/mol. The topological polar surface area (TPSA) is 46.5 Å². The molecule has 0 radical (unpaired) electrons. The lowest BCUT2D eigenvalue weighted by Crippen LogP contribution is -3.00. The van der Waals surface area contributed by atoms with Crippen molar-refractivity contribution in [3.05, 3.63) is 0 Å². The van der Waals surface area contributed by atoms with Crippen LogP contribution in [0.3, 0.4) is 0 Å². The average Bonchev–Trinajstić information content (AvgIpc) is 2.38.